The van der Waals surface area contributed by atoms with E-state index in [2.05, 4.69) is 21.1 Å². The van der Waals surface area contributed by atoms with Crippen LogP contribution in [0.25, 0.3) is 0 Å². The maximum Gasteiger partial charge on any atom is 0.273 e. The molecule has 2 N–H and O–H groups in total. The zero-order valence-corrected chi connectivity index (χ0v) is 19.8. The van der Waals surface area contributed by atoms with E-state index in [0.29, 0.717) is 46.5 Å². The molecule has 2 aromatic rings. The quantitative estimate of drug-likeness (QED) is 0.227. The molecule has 0 fully saturated rings. The van der Waals surface area contributed by atoms with Gasteiger partial charge in [-0.15, -0.1) is 0 Å². The summed E-state index contributed by atoms with van der Waals surface area (Å²) in [5.74, 6) is -1.42. The van der Waals surface area contributed by atoms with E-state index < -0.39 is 28.1 Å². The topological polar surface area (TPSA) is 169 Å². The molecule has 184 valence electrons. The second-order valence-electron chi connectivity index (χ2n) is 7.55. The molecule has 0 saturated carbocycles. The minimum atomic E-state index is -0.711. The van der Waals surface area contributed by atoms with Gasteiger partial charge in [0.25, 0.3) is 11.4 Å². The highest BCUT2D eigenvalue weighted by Crippen LogP contribution is 2.22. The molecule has 0 radical (unpaired) electrons. The summed E-state index contributed by atoms with van der Waals surface area (Å²) in [4.78, 5) is 45.6. The molecule has 2 rings (SSSR count). The Morgan fingerprint density at radius 1 is 0.771 bits per heavy atom. The lowest BCUT2D eigenvalue weighted by molar-refractivity contribution is -0.385. The van der Waals surface area contributed by atoms with Gasteiger partial charge in [0.05, 0.1) is 21.3 Å². The number of nitro groups is 2. The van der Waals surface area contributed by atoms with Crippen molar-refractivity contribution in [3.05, 3.63) is 78.9 Å². The molecule has 0 aliphatic heterocycles. The molecule has 2 amide bonds. The number of benzene rings is 2. The molecule has 0 atom stereocenters. The van der Waals surface area contributed by atoms with Crippen LogP contribution in [-0.4, -0.2) is 33.1 Å². The third kappa shape index (κ3) is 7.25. The van der Waals surface area contributed by atoms with Crippen LogP contribution in [0.2, 0.25) is 0 Å². The van der Waals surface area contributed by atoms with Gasteiger partial charge in [0, 0.05) is 34.4 Å². The van der Waals surface area contributed by atoms with Crippen molar-refractivity contribution in [2.24, 2.45) is 10.2 Å². The standard InChI is InChI=1S/C23H26N6O6/c1-5-16-7-9-18(11-20(16)28(32)33)14(3)24-26-22(30)13-23(31)27-25-15(4)19-10-8-17(6-2)21(12-19)29(34)35/h7-12H,5-6,13H2,1-4H3,(H,26,30)(H,27,31)/b24-14-,25-15-. The first-order valence-electron chi connectivity index (χ1n) is 10.8. The number of amides is 2. The average Bonchev–Trinajstić information content (AvgIpc) is 2.84. The van der Waals surface area contributed by atoms with Gasteiger partial charge in [-0.1, -0.05) is 38.1 Å². The number of hydrogen-bond acceptors (Lipinski definition) is 8. The van der Waals surface area contributed by atoms with Crippen molar-refractivity contribution in [3.8, 4) is 0 Å². The summed E-state index contributed by atoms with van der Waals surface area (Å²) < 4.78 is 0. The number of carbonyl (C=O) groups is 2. The highest BCUT2D eigenvalue weighted by atomic mass is 16.6. The zero-order chi connectivity index (χ0) is 26.1. The molecule has 0 bridgehead atoms. The molecule has 35 heavy (non-hydrogen) atoms. The summed E-state index contributed by atoms with van der Waals surface area (Å²) in [5.41, 5.74) is 7.15. The minimum absolute atomic E-state index is 0.0341. The van der Waals surface area contributed by atoms with Crippen LogP contribution in [0.4, 0.5) is 11.4 Å². The Hall–Kier alpha value is -4.48. The van der Waals surface area contributed by atoms with Crippen molar-refractivity contribution in [2.45, 2.75) is 47.0 Å². The largest absolute Gasteiger partial charge is 0.273 e. The lowest BCUT2D eigenvalue weighted by Gasteiger charge is -2.06. The Bertz CT molecular complexity index is 1130. The van der Waals surface area contributed by atoms with Crippen LogP contribution in [0.3, 0.4) is 0 Å². The fraction of sp³-hybridized carbons (Fsp3) is 0.304. The van der Waals surface area contributed by atoms with Gasteiger partial charge < -0.3 is 0 Å². The first-order chi connectivity index (χ1) is 16.6. The molecular weight excluding hydrogens is 456 g/mol. The molecule has 0 heterocycles. The minimum Gasteiger partial charge on any atom is -0.273 e. The van der Waals surface area contributed by atoms with Crippen LogP contribution in [0.5, 0.6) is 0 Å². The molecule has 12 heteroatoms. The van der Waals surface area contributed by atoms with E-state index in [-0.39, 0.29) is 11.4 Å². The fourth-order valence-electron chi connectivity index (χ4n) is 3.16. The Morgan fingerprint density at radius 2 is 1.14 bits per heavy atom. The Kier molecular flexibility index (Phi) is 9.27. The SMILES string of the molecule is CCc1ccc(/C(C)=N\NC(=O)CC(=O)N/N=C(/C)c2ccc(CC)c([N+](=O)[O-])c2)cc1[N+](=O)[O-]. The van der Waals surface area contributed by atoms with E-state index in [0.717, 1.165) is 0 Å². The summed E-state index contributed by atoms with van der Waals surface area (Å²) in [7, 11) is 0. The van der Waals surface area contributed by atoms with Gasteiger partial charge in [0.1, 0.15) is 6.42 Å². The van der Waals surface area contributed by atoms with Crippen LogP contribution >= 0.6 is 0 Å². The monoisotopic (exact) mass is 482 g/mol. The normalized spacial score (nSPS) is 11.7. The van der Waals surface area contributed by atoms with Crippen molar-refractivity contribution in [2.75, 3.05) is 0 Å². The Morgan fingerprint density at radius 3 is 1.46 bits per heavy atom. The highest BCUT2D eigenvalue weighted by molar-refractivity contribution is 6.02. The smallest absolute Gasteiger partial charge is 0.273 e. The van der Waals surface area contributed by atoms with Gasteiger partial charge in [0.15, 0.2) is 0 Å². The van der Waals surface area contributed by atoms with Gasteiger partial charge in [-0.3, -0.25) is 29.8 Å². The van der Waals surface area contributed by atoms with E-state index in [4.69, 9.17) is 0 Å². The number of aryl methyl sites for hydroxylation is 2. The molecule has 0 saturated heterocycles. The van der Waals surface area contributed by atoms with E-state index >= 15 is 0 Å². The van der Waals surface area contributed by atoms with Crippen LogP contribution < -0.4 is 10.9 Å². The van der Waals surface area contributed by atoms with Crippen molar-refractivity contribution in [1.29, 1.82) is 0 Å². The van der Waals surface area contributed by atoms with Crippen LogP contribution in [0.15, 0.2) is 46.6 Å². The van der Waals surface area contributed by atoms with E-state index in [1.54, 1.807) is 38.1 Å². The van der Waals surface area contributed by atoms with E-state index in [9.17, 15) is 29.8 Å². The summed E-state index contributed by atoms with van der Waals surface area (Å²) in [5, 5.41) is 30.3. The second-order valence-corrected chi connectivity index (χ2v) is 7.55. The third-order valence-corrected chi connectivity index (χ3v) is 5.18. The number of hydrazone groups is 2. The number of nitro benzene ring substituents is 2. The maximum atomic E-state index is 12.1. The van der Waals surface area contributed by atoms with Gasteiger partial charge in [-0.05, 0) is 26.7 Å². The summed E-state index contributed by atoms with van der Waals surface area (Å²) >= 11 is 0. The van der Waals surface area contributed by atoms with Crippen LogP contribution in [-0.2, 0) is 22.4 Å². The molecule has 0 unspecified atom stereocenters. The fourth-order valence-corrected chi connectivity index (χ4v) is 3.16. The van der Waals surface area contributed by atoms with Gasteiger partial charge in [0.2, 0.25) is 11.8 Å². The number of nitrogens with one attached hydrogen (secondary N) is 2. The number of rotatable bonds is 10. The van der Waals surface area contributed by atoms with Crippen LogP contribution in [0, 0.1) is 20.2 Å². The predicted molar refractivity (Wildman–Crippen MR) is 130 cm³/mol. The molecular formula is C23H26N6O6. The first kappa shape index (κ1) is 26.8. The molecule has 0 aliphatic rings. The second kappa shape index (κ2) is 12.1. The van der Waals surface area contributed by atoms with E-state index in [1.807, 2.05) is 13.8 Å². The van der Waals surface area contributed by atoms with Crippen molar-refractivity contribution in [1.82, 2.24) is 10.9 Å². The molecule has 0 aromatic heterocycles. The molecule has 0 aliphatic carbocycles. The first-order valence-corrected chi connectivity index (χ1v) is 10.8. The highest BCUT2D eigenvalue weighted by Gasteiger charge is 2.16. The van der Waals surface area contributed by atoms with Gasteiger partial charge in [-0.25, -0.2) is 10.9 Å². The molecule has 0 spiro atoms. The van der Waals surface area contributed by atoms with Crippen molar-refractivity contribution in [3.63, 3.8) is 0 Å². The van der Waals surface area contributed by atoms with Crippen molar-refractivity contribution < 1.29 is 19.4 Å². The zero-order valence-electron chi connectivity index (χ0n) is 19.8. The predicted octanol–water partition coefficient (Wildman–Crippen LogP) is 3.40. The lowest BCUT2D eigenvalue weighted by Crippen LogP contribution is -2.28. The maximum absolute atomic E-state index is 12.1. The van der Waals surface area contributed by atoms with Gasteiger partial charge >= 0.3 is 0 Å². The average molecular weight is 482 g/mol. The third-order valence-electron chi connectivity index (χ3n) is 5.18. The lowest BCUT2D eigenvalue weighted by atomic mass is 10.0. The van der Waals surface area contributed by atoms with E-state index in [1.165, 1.54) is 12.1 Å². The summed E-state index contributed by atoms with van der Waals surface area (Å²) in [6, 6.07) is 9.35. The number of carbonyl (C=O) groups excluding carboxylic acids is 2. The Balaban J connectivity index is 2.00. The molecule has 2 aromatic carbocycles. The summed E-state index contributed by atoms with van der Waals surface area (Å²) in [6.07, 6.45) is 0.431. The Labute approximate surface area is 201 Å². The van der Waals surface area contributed by atoms with Gasteiger partial charge in [-0.2, -0.15) is 10.2 Å². The van der Waals surface area contributed by atoms with Crippen molar-refractivity contribution >= 4 is 34.6 Å². The number of nitrogens with zero attached hydrogens (tertiary/aromatic N) is 4. The molecule has 12 nitrogen and oxygen atoms in total. The number of hydrogen-bond donors (Lipinski definition) is 2. The van der Waals surface area contributed by atoms with Crippen LogP contribution in [0.1, 0.15) is 56.4 Å². The summed E-state index contributed by atoms with van der Waals surface area (Å²) in [6.45, 7) is 6.76.